The molecule has 0 spiro atoms. The Hall–Kier alpha value is -1.79. The molecule has 1 aliphatic rings. The number of amides is 2. The molecule has 134 valence electrons. The van der Waals surface area contributed by atoms with Crippen LogP contribution in [0.3, 0.4) is 0 Å². The Morgan fingerprint density at radius 3 is 2.62 bits per heavy atom. The fourth-order valence-electron chi connectivity index (χ4n) is 2.79. The number of anilines is 1. The third-order valence-corrected chi connectivity index (χ3v) is 4.01. The summed E-state index contributed by atoms with van der Waals surface area (Å²) in [4.78, 5) is 23.2. The van der Waals surface area contributed by atoms with Gasteiger partial charge in [-0.1, -0.05) is 25.3 Å². The first-order chi connectivity index (χ1) is 11.0. The highest BCUT2D eigenvalue weighted by Crippen LogP contribution is 2.25. The van der Waals surface area contributed by atoms with Gasteiger partial charge in [0.15, 0.2) is 0 Å². The van der Waals surface area contributed by atoms with Gasteiger partial charge >= 0.3 is 0 Å². The van der Waals surface area contributed by atoms with E-state index in [1.54, 1.807) is 24.3 Å². The third-order valence-electron chi connectivity index (χ3n) is 4.01. The molecule has 0 bridgehead atoms. The molecule has 1 aromatic rings. The van der Waals surface area contributed by atoms with Crippen LogP contribution >= 0.6 is 12.4 Å². The molecule has 0 aromatic heterocycles. The number of nitrogens with two attached hydrogens (primary N) is 1. The van der Waals surface area contributed by atoms with Gasteiger partial charge in [0.1, 0.15) is 12.4 Å². The maximum absolute atomic E-state index is 12.2. The molecule has 1 fully saturated rings. The van der Waals surface area contributed by atoms with E-state index in [2.05, 4.69) is 10.6 Å². The lowest BCUT2D eigenvalue weighted by atomic mass is 9.82. The Balaban J connectivity index is 0.00000288. The predicted molar refractivity (Wildman–Crippen MR) is 96.5 cm³/mol. The second-order valence-electron chi connectivity index (χ2n) is 6.03. The van der Waals surface area contributed by atoms with Crippen LogP contribution < -0.4 is 21.1 Å². The van der Waals surface area contributed by atoms with Crippen LogP contribution in [0.1, 0.15) is 39.0 Å². The molecule has 2 rings (SSSR count). The molecule has 1 saturated carbocycles. The van der Waals surface area contributed by atoms with Gasteiger partial charge < -0.3 is 21.1 Å². The summed E-state index contributed by atoms with van der Waals surface area (Å²) in [6, 6.07) is 7.14. The number of hydrogen-bond acceptors (Lipinski definition) is 4. The minimum Gasteiger partial charge on any atom is -0.492 e. The first-order valence-corrected chi connectivity index (χ1v) is 8.07. The molecule has 6 nitrogen and oxygen atoms in total. The predicted octanol–water partition coefficient (Wildman–Crippen LogP) is 2.22. The van der Waals surface area contributed by atoms with Gasteiger partial charge in [-0.2, -0.15) is 0 Å². The fraction of sp³-hybridized carbons (Fsp3) is 0.529. The summed E-state index contributed by atoms with van der Waals surface area (Å²) >= 11 is 0. The van der Waals surface area contributed by atoms with E-state index in [1.807, 2.05) is 0 Å². The Kier molecular flexibility index (Phi) is 8.01. The van der Waals surface area contributed by atoms with Crippen molar-refractivity contribution in [2.45, 2.75) is 44.6 Å². The molecule has 2 amide bonds. The summed E-state index contributed by atoms with van der Waals surface area (Å²) in [5, 5.41) is 5.55. The minimum absolute atomic E-state index is 0. The van der Waals surface area contributed by atoms with E-state index in [1.165, 1.54) is 6.92 Å². The van der Waals surface area contributed by atoms with Crippen LogP contribution in [-0.4, -0.2) is 30.5 Å². The average molecular weight is 356 g/mol. The highest BCUT2D eigenvalue weighted by Gasteiger charge is 2.34. The van der Waals surface area contributed by atoms with Gasteiger partial charge in [0, 0.05) is 18.7 Å². The lowest BCUT2D eigenvalue weighted by Crippen LogP contribution is -2.55. The molecule has 0 radical (unpaired) electrons. The largest absolute Gasteiger partial charge is 0.492 e. The van der Waals surface area contributed by atoms with Crippen LogP contribution in [0.4, 0.5) is 5.69 Å². The number of ether oxygens (including phenoxy) is 1. The zero-order valence-corrected chi connectivity index (χ0v) is 14.8. The van der Waals surface area contributed by atoms with Crippen molar-refractivity contribution in [1.82, 2.24) is 5.32 Å². The van der Waals surface area contributed by atoms with Gasteiger partial charge in [-0.3, -0.25) is 9.59 Å². The maximum Gasteiger partial charge on any atom is 0.240 e. The summed E-state index contributed by atoms with van der Waals surface area (Å²) in [5.74, 6) is 0.425. The quantitative estimate of drug-likeness (QED) is 0.682. The topological polar surface area (TPSA) is 93.5 Å². The van der Waals surface area contributed by atoms with Crippen molar-refractivity contribution in [3.63, 3.8) is 0 Å². The number of benzene rings is 1. The summed E-state index contributed by atoms with van der Waals surface area (Å²) in [7, 11) is 0. The Bertz CT molecular complexity index is 560. The summed E-state index contributed by atoms with van der Waals surface area (Å²) in [6.45, 7) is 2.21. The van der Waals surface area contributed by atoms with E-state index in [0.717, 1.165) is 32.1 Å². The summed E-state index contributed by atoms with van der Waals surface area (Å²) in [6.07, 6.45) is 4.67. The van der Waals surface area contributed by atoms with Gasteiger partial charge in [-0.25, -0.2) is 0 Å². The van der Waals surface area contributed by atoms with Crippen molar-refractivity contribution in [3.8, 4) is 5.75 Å². The first kappa shape index (κ1) is 20.3. The number of carbonyl (C=O) groups is 2. The van der Waals surface area contributed by atoms with Crippen molar-refractivity contribution in [3.05, 3.63) is 24.3 Å². The third kappa shape index (κ3) is 6.02. The van der Waals surface area contributed by atoms with Crippen molar-refractivity contribution in [2.75, 3.05) is 18.5 Å². The summed E-state index contributed by atoms with van der Waals surface area (Å²) in [5.41, 5.74) is 6.13. The molecule has 0 heterocycles. The second kappa shape index (κ2) is 9.49. The summed E-state index contributed by atoms with van der Waals surface area (Å²) < 4.78 is 5.59. The highest BCUT2D eigenvalue weighted by molar-refractivity contribution is 5.88. The van der Waals surface area contributed by atoms with Crippen molar-refractivity contribution in [2.24, 2.45) is 5.73 Å². The van der Waals surface area contributed by atoms with Crippen molar-refractivity contribution >= 4 is 29.9 Å². The van der Waals surface area contributed by atoms with E-state index in [-0.39, 0.29) is 24.2 Å². The number of hydrogen-bond donors (Lipinski definition) is 3. The molecule has 24 heavy (non-hydrogen) atoms. The van der Waals surface area contributed by atoms with Crippen molar-refractivity contribution < 1.29 is 14.3 Å². The monoisotopic (exact) mass is 355 g/mol. The van der Waals surface area contributed by atoms with Gasteiger partial charge in [0.05, 0.1) is 12.1 Å². The van der Waals surface area contributed by atoms with Crippen molar-refractivity contribution in [1.29, 1.82) is 0 Å². The van der Waals surface area contributed by atoms with Crippen LogP contribution in [-0.2, 0) is 9.59 Å². The van der Waals surface area contributed by atoms with Crippen LogP contribution in [0.2, 0.25) is 0 Å². The lowest BCUT2D eigenvalue weighted by molar-refractivity contribution is -0.127. The van der Waals surface area contributed by atoms with E-state index in [9.17, 15) is 9.59 Å². The minimum atomic E-state index is -0.719. The Morgan fingerprint density at radius 2 is 1.96 bits per heavy atom. The smallest absolute Gasteiger partial charge is 0.240 e. The lowest BCUT2D eigenvalue weighted by Gasteiger charge is -2.31. The normalized spacial score (nSPS) is 15.8. The molecular weight excluding hydrogens is 330 g/mol. The molecule has 0 atom stereocenters. The standard InChI is InChI=1S/C17H25N3O3.ClH/c1-13(21)20-14-6-5-7-15(12-14)23-11-10-19-16(22)17(18)8-3-2-4-9-17;/h5-7,12H,2-4,8-11,18H2,1H3,(H,19,22)(H,20,21);1H. The van der Waals surface area contributed by atoms with Gasteiger partial charge in [0.2, 0.25) is 11.8 Å². The molecule has 1 aliphatic carbocycles. The number of halogens is 1. The molecule has 0 saturated heterocycles. The van der Waals surface area contributed by atoms with Crippen LogP contribution in [0.25, 0.3) is 0 Å². The van der Waals surface area contributed by atoms with Crippen LogP contribution in [0.5, 0.6) is 5.75 Å². The Morgan fingerprint density at radius 1 is 1.25 bits per heavy atom. The highest BCUT2D eigenvalue weighted by atomic mass is 35.5. The number of rotatable bonds is 6. The van der Waals surface area contributed by atoms with Gasteiger partial charge in [-0.15, -0.1) is 12.4 Å². The van der Waals surface area contributed by atoms with Crippen LogP contribution in [0, 0.1) is 0 Å². The van der Waals surface area contributed by atoms with E-state index >= 15 is 0 Å². The van der Waals surface area contributed by atoms with E-state index in [4.69, 9.17) is 10.5 Å². The Labute approximate surface area is 148 Å². The number of carbonyl (C=O) groups excluding carboxylic acids is 2. The average Bonchev–Trinajstić information content (AvgIpc) is 2.52. The molecular formula is C17H26ClN3O3. The molecule has 7 heteroatoms. The SMILES string of the molecule is CC(=O)Nc1cccc(OCCNC(=O)C2(N)CCCCC2)c1.Cl. The maximum atomic E-state index is 12.2. The van der Waals surface area contributed by atoms with E-state index < -0.39 is 5.54 Å². The van der Waals surface area contributed by atoms with Gasteiger partial charge in [0.25, 0.3) is 0 Å². The number of nitrogens with one attached hydrogen (secondary N) is 2. The molecule has 1 aromatic carbocycles. The molecule has 4 N–H and O–H groups in total. The first-order valence-electron chi connectivity index (χ1n) is 8.07. The zero-order chi connectivity index (χ0) is 16.7. The second-order valence-corrected chi connectivity index (χ2v) is 6.03. The zero-order valence-electron chi connectivity index (χ0n) is 14.0. The fourth-order valence-corrected chi connectivity index (χ4v) is 2.79. The van der Waals surface area contributed by atoms with Gasteiger partial charge in [-0.05, 0) is 25.0 Å². The molecule has 0 unspecified atom stereocenters. The van der Waals surface area contributed by atoms with E-state index in [0.29, 0.717) is 24.6 Å². The van der Waals surface area contributed by atoms with Crippen LogP contribution in [0.15, 0.2) is 24.3 Å². The molecule has 0 aliphatic heterocycles.